The molecule has 1 aliphatic rings. The lowest BCUT2D eigenvalue weighted by Crippen LogP contribution is -2.42. The van der Waals surface area contributed by atoms with Crippen LogP contribution in [-0.4, -0.2) is 36.3 Å². The van der Waals surface area contributed by atoms with Gasteiger partial charge in [0.15, 0.2) is 0 Å². The number of likely N-dealkylation sites (tertiary alicyclic amines) is 1. The van der Waals surface area contributed by atoms with Gasteiger partial charge in [-0.15, -0.1) is 0 Å². The fourth-order valence-electron chi connectivity index (χ4n) is 2.50. The van der Waals surface area contributed by atoms with Crippen LogP contribution in [0.15, 0.2) is 22.7 Å². The molecule has 1 aromatic rings. The second kappa shape index (κ2) is 7.89. The molecule has 0 radical (unpaired) electrons. The van der Waals surface area contributed by atoms with E-state index in [9.17, 15) is 4.79 Å². The summed E-state index contributed by atoms with van der Waals surface area (Å²) in [4.78, 5) is 13.8. The fourth-order valence-corrected chi connectivity index (χ4v) is 2.86. The van der Waals surface area contributed by atoms with Crippen LogP contribution >= 0.6 is 15.9 Å². The van der Waals surface area contributed by atoms with Crippen molar-refractivity contribution in [1.29, 1.82) is 5.26 Å². The third-order valence-electron chi connectivity index (χ3n) is 3.80. The molecule has 1 heterocycles. The maximum atomic E-state index is 12.1. The number of nitrogens with zero attached hydrogens (tertiary/aromatic N) is 2. The quantitative estimate of drug-likeness (QED) is 0.764. The molecule has 0 bridgehead atoms. The van der Waals surface area contributed by atoms with Crippen LogP contribution in [0, 0.1) is 17.2 Å². The molecule has 0 N–H and O–H groups in total. The minimum Gasteiger partial charge on any atom is -0.492 e. The lowest BCUT2D eigenvalue weighted by Gasteiger charge is -2.33. The SMILES string of the molecule is CC(C)(C)OC(=O)N1CCC(COc2cc(C#N)ccc2Br)CC1. The Hall–Kier alpha value is -1.74. The lowest BCUT2D eigenvalue weighted by atomic mass is 9.98. The summed E-state index contributed by atoms with van der Waals surface area (Å²) in [5.74, 6) is 1.07. The number of hydrogen-bond donors (Lipinski definition) is 0. The number of hydrogen-bond acceptors (Lipinski definition) is 4. The summed E-state index contributed by atoms with van der Waals surface area (Å²) in [6.07, 6.45) is 1.52. The highest BCUT2D eigenvalue weighted by Crippen LogP contribution is 2.28. The maximum absolute atomic E-state index is 12.1. The molecule has 0 atom stereocenters. The monoisotopic (exact) mass is 394 g/mol. The van der Waals surface area contributed by atoms with Crippen LogP contribution in [0.5, 0.6) is 5.75 Å². The average Bonchev–Trinajstić information content (AvgIpc) is 2.53. The van der Waals surface area contributed by atoms with Crippen LogP contribution in [0.4, 0.5) is 4.79 Å². The summed E-state index contributed by atoms with van der Waals surface area (Å²) in [6, 6.07) is 7.41. The van der Waals surface area contributed by atoms with Crippen molar-refractivity contribution in [1.82, 2.24) is 4.90 Å². The summed E-state index contributed by atoms with van der Waals surface area (Å²) in [6.45, 7) is 7.57. The Morgan fingerprint density at radius 1 is 1.38 bits per heavy atom. The van der Waals surface area contributed by atoms with Crippen molar-refractivity contribution >= 4 is 22.0 Å². The Bertz CT molecular complexity index is 626. The molecule has 1 fully saturated rings. The van der Waals surface area contributed by atoms with Crippen LogP contribution in [0.3, 0.4) is 0 Å². The first-order chi connectivity index (χ1) is 11.3. The number of ether oxygens (including phenoxy) is 2. The number of nitriles is 1. The van der Waals surface area contributed by atoms with Crippen LogP contribution in [-0.2, 0) is 4.74 Å². The van der Waals surface area contributed by atoms with E-state index in [1.165, 1.54) is 0 Å². The van der Waals surface area contributed by atoms with Gasteiger partial charge in [0.25, 0.3) is 0 Å². The molecule has 0 spiro atoms. The standard InChI is InChI=1S/C18H23BrN2O3/c1-18(2,3)24-17(22)21-8-6-13(7-9-21)12-23-16-10-14(11-20)4-5-15(16)19/h4-5,10,13H,6-9,12H2,1-3H3. The Morgan fingerprint density at radius 3 is 2.62 bits per heavy atom. The van der Waals surface area contributed by atoms with Gasteiger partial charge >= 0.3 is 6.09 Å². The van der Waals surface area contributed by atoms with Gasteiger partial charge in [-0.2, -0.15) is 5.26 Å². The van der Waals surface area contributed by atoms with Crippen LogP contribution in [0.25, 0.3) is 0 Å². The second-order valence-electron chi connectivity index (χ2n) is 6.98. The second-order valence-corrected chi connectivity index (χ2v) is 7.83. The highest BCUT2D eigenvalue weighted by molar-refractivity contribution is 9.10. The first kappa shape index (κ1) is 18.6. The summed E-state index contributed by atoms with van der Waals surface area (Å²) in [7, 11) is 0. The van der Waals surface area contributed by atoms with Crippen molar-refractivity contribution in [3.63, 3.8) is 0 Å². The van der Waals surface area contributed by atoms with Crippen LogP contribution < -0.4 is 4.74 Å². The zero-order valence-corrected chi connectivity index (χ0v) is 15.9. The molecule has 6 heteroatoms. The molecule has 1 saturated heterocycles. The lowest BCUT2D eigenvalue weighted by molar-refractivity contribution is 0.0165. The summed E-state index contributed by atoms with van der Waals surface area (Å²) >= 11 is 3.44. The number of amides is 1. The predicted octanol–water partition coefficient (Wildman–Crippen LogP) is 4.35. The Labute approximate surface area is 151 Å². The number of piperidine rings is 1. The molecule has 0 unspecified atom stereocenters. The summed E-state index contributed by atoms with van der Waals surface area (Å²) in [5.41, 5.74) is 0.114. The predicted molar refractivity (Wildman–Crippen MR) is 94.9 cm³/mol. The molecule has 2 rings (SSSR count). The minimum absolute atomic E-state index is 0.244. The molecule has 130 valence electrons. The van der Waals surface area contributed by atoms with Gasteiger partial charge in [-0.1, -0.05) is 0 Å². The third-order valence-corrected chi connectivity index (χ3v) is 4.46. The fraction of sp³-hybridized carbons (Fsp3) is 0.556. The van der Waals surface area contributed by atoms with Gasteiger partial charge in [0.2, 0.25) is 0 Å². The summed E-state index contributed by atoms with van der Waals surface area (Å²) in [5, 5.41) is 8.96. The number of halogens is 1. The normalized spacial score (nSPS) is 15.7. The minimum atomic E-state index is -0.463. The maximum Gasteiger partial charge on any atom is 0.410 e. The number of carbonyl (C=O) groups is 1. The highest BCUT2D eigenvalue weighted by atomic mass is 79.9. The number of carbonyl (C=O) groups excluding carboxylic acids is 1. The number of benzene rings is 1. The molecule has 1 amide bonds. The third kappa shape index (κ3) is 5.41. The Morgan fingerprint density at radius 2 is 2.04 bits per heavy atom. The van der Waals surface area contributed by atoms with Gasteiger partial charge in [-0.3, -0.25) is 0 Å². The zero-order chi connectivity index (χ0) is 17.7. The molecule has 5 nitrogen and oxygen atoms in total. The van der Waals surface area contributed by atoms with Crippen LogP contribution in [0.1, 0.15) is 39.2 Å². The van der Waals surface area contributed by atoms with E-state index in [0.29, 0.717) is 36.9 Å². The van der Waals surface area contributed by atoms with Crippen molar-refractivity contribution in [3.8, 4) is 11.8 Å². The van der Waals surface area contributed by atoms with Gasteiger partial charge in [0, 0.05) is 13.1 Å². The first-order valence-corrected chi connectivity index (χ1v) is 8.88. The highest BCUT2D eigenvalue weighted by Gasteiger charge is 2.27. The summed E-state index contributed by atoms with van der Waals surface area (Å²) < 4.78 is 12.1. The average molecular weight is 395 g/mol. The van der Waals surface area contributed by atoms with E-state index in [2.05, 4.69) is 22.0 Å². The molecular formula is C18H23BrN2O3. The smallest absolute Gasteiger partial charge is 0.410 e. The van der Waals surface area contributed by atoms with Crippen molar-refractivity contribution in [2.24, 2.45) is 5.92 Å². The zero-order valence-electron chi connectivity index (χ0n) is 14.3. The van der Waals surface area contributed by atoms with Crippen molar-refractivity contribution < 1.29 is 14.3 Å². The van der Waals surface area contributed by atoms with Crippen molar-refractivity contribution in [3.05, 3.63) is 28.2 Å². The topological polar surface area (TPSA) is 62.6 Å². The van der Waals surface area contributed by atoms with E-state index >= 15 is 0 Å². The molecule has 0 aromatic heterocycles. The van der Waals surface area contributed by atoms with Crippen molar-refractivity contribution in [2.45, 2.75) is 39.2 Å². The molecule has 0 aliphatic carbocycles. The van der Waals surface area contributed by atoms with Gasteiger partial charge in [0.05, 0.1) is 22.7 Å². The van der Waals surface area contributed by atoms with E-state index < -0.39 is 5.60 Å². The van der Waals surface area contributed by atoms with Crippen molar-refractivity contribution in [2.75, 3.05) is 19.7 Å². The van der Waals surface area contributed by atoms with Gasteiger partial charge in [-0.05, 0) is 73.7 Å². The Kier molecular flexibility index (Phi) is 6.11. The molecule has 1 aliphatic heterocycles. The number of rotatable bonds is 3. The molecule has 1 aromatic carbocycles. The Balaban J connectivity index is 1.82. The van der Waals surface area contributed by atoms with Gasteiger partial charge < -0.3 is 14.4 Å². The van der Waals surface area contributed by atoms with Gasteiger partial charge in [0.1, 0.15) is 11.4 Å². The van der Waals surface area contributed by atoms with Crippen LogP contribution in [0.2, 0.25) is 0 Å². The molecule has 24 heavy (non-hydrogen) atoms. The van der Waals surface area contributed by atoms with E-state index in [1.807, 2.05) is 26.8 Å². The van der Waals surface area contributed by atoms with E-state index in [-0.39, 0.29) is 6.09 Å². The molecule has 0 saturated carbocycles. The van der Waals surface area contributed by atoms with Gasteiger partial charge in [-0.25, -0.2) is 4.79 Å². The van der Waals surface area contributed by atoms with E-state index in [0.717, 1.165) is 17.3 Å². The molecular weight excluding hydrogens is 372 g/mol. The first-order valence-electron chi connectivity index (χ1n) is 8.09. The van der Waals surface area contributed by atoms with E-state index in [4.69, 9.17) is 14.7 Å². The van der Waals surface area contributed by atoms with E-state index in [1.54, 1.807) is 17.0 Å². The largest absolute Gasteiger partial charge is 0.492 e.